The molecule has 4 aromatic rings. The lowest BCUT2D eigenvalue weighted by Gasteiger charge is -2.12. The van der Waals surface area contributed by atoms with Gasteiger partial charge in [0.2, 0.25) is 0 Å². The molecule has 1 amide bonds. The molecular formula is C21H16F3N5O. The zero-order chi connectivity index (χ0) is 21.5. The smallest absolute Gasteiger partial charge is 0.322 e. The van der Waals surface area contributed by atoms with Gasteiger partial charge in [0.25, 0.3) is 5.91 Å². The number of nitrogens with one attached hydrogen (secondary N) is 1. The molecule has 0 atom stereocenters. The van der Waals surface area contributed by atoms with Gasteiger partial charge >= 0.3 is 6.18 Å². The molecule has 0 aliphatic heterocycles. The highest BCUT2D eigenvalue weighted by atomic mass is 19.4. The van der Waals surface area contributed by atoms with Crippen molar-refractivity contribution < 1.29 is 18.0 Å². The topological polar surface area (TPSA) is 72.2 Å². The Balaban J connectivity index is 1.80. The lowest BCUT2D eigenvalue weighted by molar-refractivity contribution is -0.137. The van der Waals surface area contributed by atoms with Gasteiger partial charge in [0.05, 0.1) is 17.0 Å². The molecule has 9 heteroatoms. The van der Waals surface area contributed by atoms with Crippen LogP contribution in [0, 0.1) is 13.8 Å². The van der Waals surface area contributed by atoms with Crippen molar-refractivity contribution in [2.45, 2.75) is 20.0 Å². The van der Waals surface area contributed by atoms with E-state index in [1.807, 2.05) is 0 Å². The highest BCUT2D eigenvalue weighted by Crippen LogP contribution is 2.36. The Hall–Kier alpha value is -3.75. The molecule has 3 heterocycles. The number of hydrogen-bond acceptors (Lipinski definition) is 4. The molecule has 0 bridgehead atoms. The normalized spacial score (nSPS) is 11.6. The zero-order valence-corrected chi connectivity index (χ0v) is 16.0. The lowest BCUT2D eigenvalue weighted by atomic mass is 10.0. The molecule has 3 aromatic heterocycles. The van der Waals surface area contributed by atoms with Crippen LogP contribution in [0.4, 0.5) is 18.9 Å². The average molecular weight is 411 g/mol. The highest BCUT2D eigenvalue weighted by molar-refractivity contribution is 6.09. The van der Waals surface area contributed by atoms with E-state index in [1.54, 1.807) is 32.2 Å². The standard InChI is InChI=1S/C21H16F3N5O/c1-12-11-14(7-9-25-12)26-20(30)18-13(2)28-29-10-8-17(27-19(18)29)15-5-3-4-6-16(15)21(22,23)24/h3-11H,1-2H3,(H,25,26,30). The third-order valence-corrected chi connectivity index (χ3v) is 4.55. The number of hydrogen-bond donors (Lipinski definition) is 1. The molecule has 0 saturated heterocycles. The Morgan fingerprint density at radius 3 is 2.60 bits per heavy atom. The second kappa shape index (κ2) is 7.25. The first-order valence-corrected chi connectivity index (χ1v) is 9.00. The van der Waals surface area contributed by atoms with Crippen molar-refractivity contribution in [3.63, 3.8) is 0 Å². The first-order valence-electron chi connectivity index (χ1n) is 9.00. The van der Waals surface area contributed by atoms with Crippen molar-refractivity contribution >= 4 is 17.2 Å². The van der Waals surface area contributed by atoms with Crippen molar-refractivity contribution in [3.05, 3.63) is 77.4 Å². The van der Waals surface area contributed by atoms with E-state index >= 15 is 0 Å². The van der Waals surface area contributed by atoms with Crippen LogP contribution < -0.4 is 5.32 Å². The van der Waals surface area contributed by atoms with E-state index in [2.05, 4.69) is 20.4 Å². The van der Waals surface area contributed by atoms with Crippen molar-refractivity contribution in [1.82, 2.24) is 19.6 Å². The minimum atomic E-state index is -4.53. The number of nitrogens with zero attached hydrogens (tertiary/aromatic N) is 4. The largest absolute Gasteiger partial charge is 0.417 e. The monoisotopic (exact) mass is 411 g/mol. The van der Waals surface area contributed by atoms with E-state index in [-0.39, 0.29) is 22.5 Å². The molecule has 0 unspecified atom stereocenters. The fraction of sp³-hybridized carbons (Fsp3) is 0.143. The number of aromatic nitrogens is 4. The zero-order valence-electron chi connectivity index (χ0n) is 16.0. The van der Waals surface area contributed by atoms with Gasteiger partial charge in [-0.2, -0.15) is 18.3 Å². The maximum atomic E-state index is 13.4. The Morgan fingerprint density at radius 1 is 1.10 bits per heavy atom. The molecular weight excluding hydrogens is 395 g/mol. The van der Waals surface area contributed by atoms with Crippen molar-refractivity contribution in [1.29, 1.82) is 0 Å². The minimum absolute atomic E-state index is 0.0672. The van der Waals surface area contributed by atoms with Crippen molar-refractivity contribution in [3.8, 4) is 11.3 Å². The summed E-state index contributed by atoms with van der Waals surface area (Å²) in [6.07, 6.45) is -1.47. The summed E-state index contributed by atoms with van der Waals surface area (Å²) in [6, 6.07) is 9.98. The average Bonchev–Trinajstić information content (AvgIpc) is 3.02. The molecule has 152 valence electrons. The second-order valence-electron chi connectivity index (χ2n) is 6.72. The molecule has 6 nitrogen and oxygen atoms in total. The number of carbonyl (C=O) groups is 1. The number of carbonyl (C=O) groups excluding carboxylic acids is 1. The number of anilines is 1. The molecule has 0 aliphatic carbocycles. The lowest BCUT2D eigenvalue weighted by Crippen LogP contribution is -2.13. The van der Waals surface area contributed by atoms with E-state index in [4.69, 9.17) is 0 Å². The number of alkyl halides is 3. The van der Waals surface area contributed by atoms with Crippen molar-refractivity contribution in [2.24, 2.45) is 0 Å². The van der Waals surface area contributed by atoms with E-state index in [9.17, 15) is 18.0 Å². The van der Waals surface area contributed by atoms with Crippen LogP contribution in [-0.4, -0.2) is 25.5 Å². The Bertz CT molecular complexity index is 1260. The van der Waals surface area contributed by atoms with Gasteiger partial charge in [-0.05, 0) is 38.1 Å². The molecule has 0 aliphatic rings. The SMILES string of the molecule is Cc1cc(NC(=O)c2c(C)nn3ccc(-c4ccccc4C(F)(F)F)nc23)ccn1. The highest BCUT2D eigenvalue weighted by Gasteiger charge is 2.33. The van der Waals surface area contributed by atoms with Crippen LogP contribution in [0.15, 0.2) is 54.9 Å². The van der Waals surface area contributed by atoms with Crippen LogP contribution in [0.1, 0.15) is 27.3 Å². The molecule has 0 radical (unpaired) electrons. The predicted octanol–water partition coefficient (Wildman–Crippen LogP) is 4.68. The van der Waals surface area contributed by atoms with Gasteiger partial charge in [-0.25, -0.2) is 9.50 Å². The number of aryl methyl sites for hydroxylation is 2. The summed E-state index contributed by atoms with van der Waals surface area (Å²) in [4.78, 5) is 21.3. The van der Waals surface area contributed by atoms with E-state index in [0.29, 0.717) is 11.4 Å². The van der Waals surface area contributed by atoms with Crippen LogP contribution in [0.5, 0.6) is 0 Å². The van der Waals surface area contributed by atoms with E-state index in [1.165, 1.54) is 35.0 Å². The number of fused-ring (bicyclic) bond motifs is 1. The number of halogens is 3. The summed E-state index contributed by atoms with van der Waals surface area (Å²) in [6.45, 7) is 3.44. The second-order valence-corrected chi connectivity index (χ2v) is 6.72. The molecule has 0 fully saturated rings. The number of amides is 1. The van der Waals surface area contributed by atoms with Gasteiger partial charge in [0.15, 0.2) is 5.65 Å². The molecule has 0 spiro atoms. The predicted molar refractivity (Wildman–Crippen MR) is 105 cm³/mol. The van der Waals surface area contributed by atoms with Gasteiger partial charge in [-0.15, -0.1) is 0 Å². The fourth-order valence-corrected chi connectivity index (χ4v) is 3.23. The Labute approximate surface area is 169 Å². The summed E-state index contributed by atoms with van der Waals surface area (Å²) < 4.78 is 41.6. The summed E-state index contributed by atoms with van der Waals surface area (Å²) >= 11 is 0. The van der Waals surface area contributed by atoms with Gasteiger partial charge < -0.3 is 5.32 Å². The molecule has 30 heavy (non-hydrogen) atoms. The Kier molecular flexibility index (Phi) is 4.73. The van der Waals surface area contributed by atoms with E-state index in [0.717, 1.165) is 11.8 Å². The molecule has 1 aromatic carbocycles. The third kappa shape index (κ3) is 3.61. The minimum Gasteiger partial charge on any atom is -0.322 e. The number of benzene rings is 1. The summed E-state index contributed by atoms with van der Waals surface area (Å²) in [5.74, 6) is -0.457. The van der Waals surface area contributed by atoms with Crippen LogP contribution in [-0.2, 0) is 6.18 Å². The third-order valence-electron chi connectivity index (χ3n) is 4.55. The van der Waals surface area contributed by atoms with Crippen LogP contribution >= 0.6 is 0 Å². The number of pyridine rings is 1. The maximum Gasteiger partial charge on any atom is 0.417 e. The van der Waals surface area contributed by atoms with Gasteiger partial charge in [-0.1, -0.05) is 18.2 Å². The molecule has 0 saturated carbocycles. The van der Waals surface area contributed by atoms with Crippen LogP contribution in [0.2, 0.25) is 0 Å². The van der Waals surface area contributed by atoms with E-state index < -0.39 is 17.6 Å². The van der Waals surface area contributed by atoms with Crippen LogP contribution in [0.25, 0.3) is 16.9 Å². The Morgan fingerprint density at radius 2 is 1.87 bits per heavy atom. The van der Waals surface area contributed by atoms with Gasteiger partial charge in [-0.3, -0.25) is 9.78 Å². The van der Waals surface area contributed by atoms with Crippen molar-refractivity contribution in [2.75, 3.05) is 5.32 Å². The first-order chi connectivity index (χ1) is 14.2. The van der Waals surface area contributed by atoms with Gasteiger partial charge in [0.1, 0.15) is 5.56 Å². The molecule has 4 rings (SSSR count). The maximum absolute atomic E-state index is 13.4. The quantitative estimate of drug-likeness (QED) is 0.531. The summed E-state index contributed by atoms with van der Waals surface area (Å²) in [7, 11) is 0. The number of rotatable bonds is 3. The van der Waals surface area contributed by atoms with Crippen LogP contribution in [0.3, 0.4) is 0 Å². The van der Waals surface area contributed by atoms with Gasteiger partial charge in [0, 0.05) is 29.3 Å². The summed E-state index contributed by atoms with van der Waals surface area (Å²) in [5, 5.41) is 7.02. The molecule has 1 N–H and O–H groups in total. The summed E-state index contributed by atoms with van der Waals surface area (Å²) in [5.41, 5.74) is 1.29. The first kappa shape index (κ1) is 19.6. The fourth-order valence-electron chi connectivity index (χ4n) is 3.23.